The van der Waals surface area contributed by atoms with Gasteiger partial charge in [-0.3, -0.25) is 14.1 Å². The van der Waals surface area contributed by atoms with Crippen LogP contribution in [-0.2, 0) is 10.0 Å². The molecule has 1 aromatic heterocycles. The van der Waals surface area contributed by atoms with Gasteiger partial charge < -0.3 is 5.32 Å². The minimum absolute atomic E-state index is 0.186. The Labute approximate surface area is 154 Å². The maximum Gasteiger partial charge on any atom is 0.264 e. The molecule has 0 spiro atoms. The van der Waals surface area contributed by atoms with Crippen molar-refractivity contribution in [2.75, 3.05) is 11.4 Å². The third-order valence-electron chi connectivity index (χ3n) is 4.69. The van der Waals surface area contributed by atoms with Gasteiger partial charge in [-0.15, -0.1) is 0 Å². The summed E-state index contributed by atoms with van der Waals surface area (Å²) in [5.41, 5.74) is 0.716. The van der Waals surface area contributed by atoms with Crippen molar-refractivity contribution >= 4 is 21.6 Å². The Morgan fingerprint density at radius 2 is 1.81 bits per heavy atom. The predicted molar refractivity (Wildman–Crippen MR) is 101 cm³/mol. The summed E-state index contributed by atoms with van der Waals surface area (Å²) in [6.45, 7) is 0. The quantitative estimate of drug-likeness (QED) is 0.874. The first-order valence-electron chi connectivity index (χ1n) is 8.78. The highest BCUT2D eigenvalue weighted by atomic mass is 32.2. The number of hydrogen-bond donors (Lipinski definition) is 1. The van der Waals surface area contributed by atoms with E-state index in [-0.39, 0.29) is 16.8 Å². The number of anilines is 1. The molecule has 0 radical (unpaired) electrons. The van der Waals surface area contributed by atoms with E-state index in [1.165, 1.54) is 25.9 Å². The number of pyridine rings is 1. The van der Waals surface area contributed by atoms with E-state index in [0.717, 1.165) is 30.0 Å². The molecule has 1 saturated carbocycles. The zero-order valence-electron chi connectivity index (χ0n) is 14.8. The highest BCUT2D eigenvalue weighted by molar-refractivity contribution is 7.92. The molecule has 1 fully saturated rings. The van der Waals surface area contributed by atoms with E-state index in [1.54, 1.807) is 36.4 Å². The molecule has 0 unspecified atom stereocenters. The summed E-state index contributed by atoms with van der Waals surface area (Å²) >= 11 is 0. The van der Waals surface area contributed by atoms with Gasteiger partial charge in [0, 0.05) is 19.3 Å². The molecular weight excluding hydrogens is 350 g/mol. The van der Waals surface area contributed by atoms with E-state index in [2.05, 4.69) is 10.3 Å². The van der Waals surface area contributed by atoms with Gasteiger partial charge >= 0.3 is 0 Å². The Hall–Kier alpha value is -2.41. The van der Waals surface area contributed by atoms with Crippen LogP contribution < -0.4 is 9.62 Å². The van der Waals surface area contributed by atoms with Crippen LogP contribution in [0.4, 0.5) is 5.69 Å². The summed E-state index contributed by atoms with van der Waals surface area (Å²) in [7, 11) is -2.24. The van der Waals surface area contributed by atoms with Gasteiger partial charge in [0.25, 0.3) is 15.9 Å². The standard InChI is InChI=1S/C19H23N3O3S/c1-22(26(24,25)18-10-6-3-7-11-18)17-12-15(13-20-14-17)19(23)21-16-8-4-2-5-9-16/h3,6-7,10-14,16H,2,4-5,8-9H2,1H3,(H,21,23). The maximum atomic E-state index is 12.7. The van der Waals surface area contributed by atoms with Crippen LogP contribution >= 0.6 is 0 Å². The van der Waals surface area contributed by atoms with Crippen LogP contribution in [0, 0.1) is 0 Å². The minimum atomic E-state index is -3.70. The largest absolute Gasteiger partial charge is 0.349 e. The second kappa shape index (κ2) is 7.86. The Kier molecular flexibility index (Phi) is 5.56. The SMILES string of the molecule is CN(c1cncc(C(=O)NC2CCCCC2)c1)S(=O)(=O)c1ccccc1. The second-order valence-electron chi connectivity index (χ2n) is 6.53. The van der Waals surface area contributed by atoms with Crippen LogP contribution in [0.15, 0.2) is 53.7 Å². The number of nitrogens with zero attached hydrogens (tertiary/aromatic N) is 2. The van der Waals surface area contributed by atoms with Crippen molar-refractivity contribution in [2.45, 2.75) is 43.0 Å². The third-order valence-corrected chi connectivity index (χ3v) is 6.49. The van der Waals surface area contributed by atoms with Crippen molar-refractivity contribution in [3.05, 3.63) is 54.4 Å². The van der Waals surface area contributed by atoms with Crippen molar-refractivity contribution in [3.63, 3.8) is 0 Å². The van der Waals surface area contributed by atoms with E-state index in [9.17, 15) is 13.2 Å². The molecule has 2 aromatic rings. The smallest absolute Gasteiger partial charge is 0.264 e. The van der Waals surface area contributed by atoms with Gasteiger partial charge in [0.1, 0.15) is 0 Å². The average molecular weight is 373 g/mol. The first-order chi connectivity index (χ1) is 12.5. The molecule has 7 heteroatoms. The lowest BCUT2D eigenvalue weighted by atomic mass is 9.95. The number of carbonyl (C=O) groups is 1. The summed E-state index contributed by atoms with van der Waals surface area (Å²) < 4.78 is 26.6. The van der Waals surface area contributed by atoms with Gasteiger partial charge in [0.15, 0.2) is 0 Å². The number of carbonyl (C=O) groups excluding carboxylic acids is 1. The molecule has 1 aliphatic rings. The molecule has 6 nitrogen and oxygen atoms in total. The summed E-state index contributed by atoms with van der Waals surface area (Å²) in [4.78, 5) is 16.7. The summed E-state index contributed by atoms with van der Waals surface area (Å²) in [5, 5.41) is 3.02. The first-order valence-corrected chi connectivity index (χ1v) is 10.2. The monoisotopic (exact) mass is 373 g/mol. The lowest BCUT2D eigenvalue weighted by Crippen LogP contribution is -2.36. The molecule has 1 N–H and O–H groups in total. The van der Waals surface area contributed by atoms with E-state index in [1.807, 2.05) is 0 Å². The number of amides is 1. The van der Waals surface area contributed by atoms with Crippen molar-refractivity contribution in [3.8, 4) is 0 Å². The number of aromatic nitrogens is 1. The first kappa shape index (κ1) is 18.4. The number of nitrogens with one attached hydrogen (secondary N) is 1. The Bertz CT molecular complexity index is 863. The van der Waals surface area contributed by atoms with Gasteiger partial charge in [-0.1, -0.05) is 37.5 Å². The molecule has 0 atom stereocenters. The summed E-state index contributed by atoms with van der Waals surface area (Å²) in [5.74, 6) is -0.211. The molecule has 1 heterocycles. The Morgan fingerprint density at radius 3 is 2.50 bits per heavy atom. The fourth-order valence-corrected chi connectivity index (χ4v) is 4.32. The maximum absolute atomic E-state index is 12.7. The van der Waals surface area contributed by atoms with Crippen molar-refractivity contribution in [1.82, 2.24) is 10.3 Å². The number of sulfonamides is 1. The highest BCUT2D eigenvalue weighted by Crippen LogP contribution is 2.22. The van der Waals surface area contributed by atoms with Gasteiger partial charge in [-0.2, -0.15) is 0 Å². The van der Waals surface area contributed by atoms with Crippen molar-refractivity contribution in [2.24, 2.45) is 0 Å². The molecule has 0 aliphatic heterocycles. The van der Waals surface area contributed by atoms with Crippen molar-refractivity contribution in [1.29, 1.82) is 0 Å². The minimum Gasteiger partial charge on any atom is -0.349 e. The summed E-state index contributed by atoms with van der Waals surface area (Å²) in [6.07, 6.45) is 8.35. The second-order valence-corrected chi connectivity index (χ2v) is 8.50. The predicted octanol–water partition coefficient (Wildman–Crippen LogP) is 2.97. The lowest BCUT2D eigenvalue weighted by Gasteiger charge is -2.23. The lowest BCUT2D eigenvalue weighted by molar-refractivity contribution is 0.0927. The average Bonchev–Trinajstić information content (AvgIpc) is 2.69. The van der Waals surface area contributed by atoms with E-state index >= 15 is 0 Å². The molecule has 1 aromatic carbocycles. The van der Waals surface area contributed by atoms with Gasteiger partial charge in [0.2, 0.25) is 0 Å². The van der Waals surface area contributed by atoms with Crippen molar-refractivity contribution < 1.29 is 13.2 Å². The van der Waals surface area contributed by atoms with Crippen LogP contribution in [0.5, 0.6) is 0 Å². The van der Waals surface area contributed by atoms with Crippen LogP contribution in [0.1, 0.15) is 42.5 Å². The van der Waals surface area contributed by atoms with Crippen LogP contribution in [-0.4, -0.2) is 32.4 Å². The normalized spacial score (nSPS) is 15.4. The zero-order chi connectivity index (χ0) is 18.6. The molecule has 0 saturated heterocycles. The van der Waals surface area contributed by atoms with Crippen LogP contribution in [0.2, 0.25) is 0 Å². The summed E-state index contributed by atoms with van der Waals surface area (Å²) in [6, 6.07) is 9.94. The molecule has 26 heavy (non-hydrogen) atoms. The molecular formula is C19H23N3O3S. The van der Waals surface area contributed by atoms with Gasteiger partial charge in [0.05, 0.1) is 22.3 Å². The Balaban J connectivity index is 1.79. The van der Waals surface area contributed by atoms with Gasteiger partial charge in [-0.05, 0) is 31.0 Å². The van der Waals surface area contributed by atoms with Crippen LogP contribution in [0.25, 0.3) is 0 Å². The molecule has 0 bridgehead atoms. The fourth-order valence-electron chi connectivity index (χ4n) is 3.13. The van der Waals surface area contributed by atoms with Gasteiger partial charge in [-0.25, -0.2) is 8.42 Å². The molecule has 1 amide bonds. The molecule has 138 valence electrons. The topological polar surface area (TPSA) is 79.4 Å². The van der Waals surface area contributed by atoms with E-state index < -0.39 is 10.0 Å². The fraction of sp³-hybridized carbons (Fsp3) is 0.368. The molecule has 3 rings (SSSR count). The van der Waals surface area contributed by atoms with E-state index in [4.69, 9.17) is 0 Å². The van der Waals surface area contributed by atoms with Crippen LogP contribution in [0.3, 0.4) is 0 Å². The third kappa shape index (κ3) is 4.04. The number of hydrogen-bond acceptors (Lipinski definition) is 4. The van der Waals surface area contributed by atoms with E-state index in [0.29, 0.717) is 11.3 Å². The number of benzene rings is 1. The highest BCUT2D eigenvalue weighted by Gasteiger charge is 2.23. The molecule has 1 aliphatic carbocycles. The zero-order valence-corrected chi connectivity index (χ0v) is 15.6. The Morgan fingerprint density at radius 1 is 1.12 bits per heavy atom. The number of rotatable bonds is 5.